The number of carbonyl (C=O) groups is 1. The Labute approximate surface area is 118 Å². The molecular formula is C13H11BrN2OS. The highest BCUT2D eigenvalue weighted by atomic mass is 79.9. The summed E-state index contributed by atoms with van der Waals surface area (Å²) in [7, 11) is 0. The first-order valence-electron chi connectivity index (χ1n) is 5.31. The van der Waals surface area contributed by atoms with Gasteiger partial charge in [-0.15, -0.1) is 11.3 Å². The summed E-state index contributed by atoms with van der Waals surface area (Å²) in [6.07, 6.45) is 0. The Balaban J connectivity index is 2.05. The first-order chi connectivity index (χ1) is 8.66. The van der Waals surface area contributed by atoms with Gasteiger partial charge in [-0.05, 0) is 46.4 Å². The number of nitrogens with zero attached hydrogens (tertiary/aromatic N) is 1. The van der Waals surface area contributed by atoms with Gasteiger partial charge in [0.25, 0.3) is 0 Å². The second-order valence-electron chi connectivity index (χ2n) is 3.69. The van der Waals surface area contributed by atoms with Crippen LogP contribution in [0.3, 0.4) is 0 Å². The Hall–Kier alpha value is -1.46. The second-order valence-corrected chi connectivity index (χ2v) is 5.39. The molecule has 2 aromatic rings. The molecule has 3 nitrogen and oxygen atoms in total. The monoisotopic (exact) mass is 322 g/mol. The topological polar surface area (TPSA) is 41.5 Å². The fraction of sp³-hybridized carbons (Fsp3) is 0.0769. The molecule has 0 atom stereocenters. The van der Waals surface area contributed by atoms with Gasteiger partial charge >= 0.3 is 0 Å². The summed E-state index contributed by atoms with van der Waals surface area (Å²) in [5, 5.41) is 5.88. The number of thiophene rings is 1. The van der Waals surface area contributed by atoms with E-state index in [-0.39, 0.29) is 10.4 Å². The number of anilines is 1. The Morgan fingerprint density at radius 1 is 1.28 bits per heavy atom. The van der Waals surface area contributed by atoms with Crippen LogP contribution in [0.2, 0.25) is 0 Å². The maximum atomic E-state index is 11.9. The summed E-state index contributed by atoms with van der Waals surface area (Å²) in [6, 6.07) is 11.4. The third-order valence-electron chi connectivity index (χ3n) is 2.27. The molecule has 0 spiro atoms. The number of rotatable bonds is 4. The number of benzene rings is 1. The van der Waals surface area contributed by atoms with E-state index in [1.807, 2.05) is 42.6 Å². The van der Waals surface area contributed by atoms with Crippen molar-refractivity contribution in [1.82, 2.24) is 0 Å². The van der Waals surface area contributed by atoms with Crippen molar-refractivity contribution in [1.29, 1.82) is 0 Å². The van der Waals surface area contributed by atoms with E-state index in [1.165, 1.54) is 16.9 Å². The standard InChI is InChI=1S/C13H11BrN2OS/c1-9-4-6-10(7-5-9)15-16-13(14)12(17)11-3-2-8-18-11/h2-8,15H,1H3/b16-13-. The number of hydrogen-bond donors (Lipinski definition) is 1. The predicted molar refractivity (Wildman–Crippen MR) is 79.8 cm³/mol. The lowest BCUT2D eigenvalue weighted by molar-refractivity contribution is 0.107. The quantitative estimate of drug-likeness (QED) is 0.524. The van der Waals surface area contributed by atoms with Gasteiger partial charge in [-0.3, -0.25) is 10.2 Å². The number of Topliss-reactive ketones (excluding diaryl/α,β-unsaturated/α-hetero) is 1. The summed E-state index contributed by atoms with van der Waals surface area (Å²) in [5.41, 5.74) is 4.86. The number of halogens is 1. The van der Waals surface area contributed by atoms with Crippen LogP contribution in [-0.4, -0.2) is 10.4 Å². The Bertz CT molecular complexity index is 561. The van der Waals surface area contributed by atoms with Crippen molar-refractivity contribution in [3.05, 3.63) is 52.2 Å². The maximum absolute atomic E-state index is 11.9. The Kier molecular flexibility index (Phi) is 4.28. The lowest BCUT2D eigenvalue weighted by atomic mass is 10.2. The first-order valence-corrected chi connectivity index (χ1v) is 6.98. The molecule has 0 amide bonds. The smallest absolute Gasteiger partial charge is 0.230 e. The van der Waals surface area contributed by atoms with E-state index in [0.29, 0.717) is 4.88 Å². The van der Waals surface area contributed by atoms with Crippen LogP contribution in [0.15, 0.2) is 46.9 Å². The molecule has 0 saturated carbocycles. The van der Waals surface area contributed by atoms with Gasteiger partial charge in [0.2, 0.25) is 5.78 Å². The zero-order chi connectivity index (χ0) is 13.0. The molecule has 0 fully saturated rings. The van der Waals surface area contributed by atoms with Gasteiger partial charge in [-0.1, -0.05) is 23.8 Å². The highest BCUT2D eigenvalue weighted by molar-refractivity contribution is 9.19. The van der Waals surface area contributed by atoms with Crippen LogP contribution in [-0.2, 0) is 0 Å². The number of carbonyl (C=O) groups excluding carboxylic acids is 1. The number of hydrazone groups is 1. The van der Waals surface area contributed by atoms with E-state index in [9.17, 15) is 4.79 Å². The Morgan fingerprint density at radius 2 is 2.00 bits per heavy atom. The SMILES string of the molecule is Cc1ccc(N/N=C(\Br)C(=O)c2cccs2)cc1. The molecule has 0 bridgehead atoms. The molecule has 92 valence electrons. The molecule has 1 N–H and O–H groups in total. The summed E-state index contributed by atoms with van der Waals surface area (Å²) in [5.74, 6) is -0.121. The summed E-state index contributed by atoms with van der Waals surface area (Å²) in [6.45, 7) is 2.02. The molecule has 0 radical (unpaired) electrons. The van der Waals surface area contributed by atoms with Crippen LogP contribution in [0.25, 0.3) is 0 Å². The fourth-order valence-corrected chi connectivity index (χ4v) is 2.40. The Morgan fingerprint density at radius 3 is 2.61 bits per heavy atom. The predicted octanol–water partition coefficient (Wildman–Crippen LogP) is 4.06. The van der Waals surface area contributed by atoms with E-state index in [0.717, 1.165) is 5.69 Å². The minimum Gasteiger partial charge on any atom is -0.285 e. The minimum absolute atomic E-state index is 0.121. The lowest BCUT2D eigenvalue weighted by Gasteiger charge is -2.01. The van der Waals surface area contributed by atoms with Gasteiger partial charge in [0.05, 0.1) is 10.6 Å². The third-order valence-corrected chi connectivity index (χ3v) is 3.67. The van der Waals surface area contributed by atoms with Crippen LogP contribution >= 0.6 is 27.3 Å². The lowest BCUT2D eigenvalue weighted by Crippen LogP contribution is -2.07. The zero-order valence-corrected chi connectivity index (χ0v) is 12.1. The number of ketones is 1. The number of nitrogens with one attached hydrogen (secondary N) is 1. The molecule has 5 heteroatoms. The van der Waals surface area contributed by atoms with Crippen LogP contribution in [0.5, 0.6) is 0 Å². The normalized spacial score (nSPS) is 11.3. The van der Waals surface area contributed by atoms with E-state index >= 15 is 0 Å². The van der Waals surface area contributed by atoms with Gasteiger partial charge < -0.3 is 0 Å². The van der Waals surface area contributed by atoms with E-state index in [4.69, 9.17) is 0 Å². The fourth-order valence-electron chi connectivity index (χ4n) is 1.30. The van der Waals surface area contributed by atoms with Gasteiger partial charge in [0.15, 0.2) is 4.62 Å². The molecule has 2 rings (SSSR count). The molecule has 0 unspecified atom stereocenters. The number of hydrogen-bond acceptors (Lipinski definition) is 4. The highest BCUT2D eigenvalue weighted by Gasteiger charge is 2.11. The molecule has 0 aliphatic carbocycles. The van der Waals surface area contributed by atoms with Gasteiger partial charge in [-0.2, -0.15) is 5.10 Å². The molecule has 1 heterocycles. The van der Waals surface area contributed by atoms with Crippen molar-refractivity contribution >= 4 is 43.4 Å². The maximum Gasteiger partial charge on any atom is 0.230 e. The van der Waals surface area contributed by atoms with Crippen molar-refractivity contribution in [3.8, 4) is 0 Å². The average molecular weight is 323 g/mol. The highest BCUT2D eigenvalue weighted by Crippen LogP contribution is 2.13. The molecule has 18 heavy (non-hydrogen) atoms. The molecule has 1 aromatic carbocycles. The minimum atomic E-state index is -0.121. The van der Waals surface area contributed by atoms with Gasteiger partial charge in [0, 0.05) is 0 Å². The van der Waals surface area contributed by atoms with Crippen molar-refractivity contribution in [2.24, 2.45) is 5.10 Å². The van der Waals surface area contributed by atoms with E-state index in [2.05, 4.69) is 26.5 Å². The largest absolute Gasteiger partial charge is 0.285 e. The van der Waals surface area contributed by atoms with Crippen molar-refractivity contribution < 1.29 is 4.79 Å². The summed E-state index contributed by atoms with van der Waals surface area (Å²) in [4.78, 5) is 12.5. The second kappa shape index (κ2) is 5.93. The van der Waals surface area contributed by atoms with Crippen molar-refractivity contribution in [2.45, 2.75) is 6.92 Å². The molecule has 0 aliphatic rings. The van der Waals surface area contributed by atoms with Crippen molar-refractivity contribution in [2.75, 3.05) is 5.43 Å². The van der Waals surface area contributed by atoms with Crippen LogP contribution in [0, 0.1) is 6.92 Å². The van der Waals surface area contributed by atoms with Crippen LogP contribution in [0.1, 0.15) is 15.2 Å². The van der Waals surface area contributed by atoms with Crippen LogP contribution < -0.4 is 5.43 Å². The average Bonchev–Trinajstić information content (AvgIpc) is 2.90. The van der Waals surface area contributed by atoms with Crippen LogP contribution in [0.4, 0.5) is 5.69 Å². The van der Waals surface area contributed by atoms with Crippen molar-refractivity contribution in [3.63, 3.8) is 0 Å². The first kappa shape index (κ1) is 13.0. The molecular weight excluding hydrogens is 312 g/mol. The third kappa shape index (κ3) is 3.27. The summed E-state index contributed by atoms with van der Waals surface area (Å²) < 4.78 is 0.269. The van der Waals surface area contributed by atoms with E-state index < -0.39 is 0 Å². The van der Waals surface area contributed by atoms with Gasteiger partial charge in [0.1, 0.15) is 0 Å². The molecule has 1 aromatic heterocycles. The van der Waals surface area contributed by atoms with E-state index in [1.54, 1.807) is 6.07 Å². The molecule has 0 aliphatic heterocycles. The summed E-state index contributed by atoms with van der Waals surface area (Å²) >= 11 is 4.58. The zero-order valence-electron chi connectivity index (χ0n) is 9.68. The van der Waals surface area contributed by atoms with Gasteiger partial charge in [-0.25, -0.2) is 0 Å². The molecule has 0 saturated heterocycles. The number of aryl methyl sites for hydroxylation is 1.